The summed E-state index contributed by atoms with van der Waals surface area (Å²) in [5.74, 6) is 8.52. The number of alkyl carbamates (subject to hydrolysis) is 1. The van der Waals surface area contributed by atoms with E-state index in [1.807, 2.05) is 0 Å². The summed E-state index contributed by atoms with van der Waals surface area (Å²) in [6, 6.07) is 3.45. The van der Waals surface area contributed by atoms with Gasteiger partial charge in [-0.1, -0.05) is 6.58 Å². The van der Waals surface area contributed by atoms with Crippen molar-refractivity contribution in [2.75, 3.05) is 44.2 Å². The fourth-order valence-corrected chi connectivity index (χ4v) is 5.21. The van der Waals surface area contributed by atoms with Crippen LogP contribution in [0.15, 0.2) is 29.2 Å². The van der Waals surface area contributed by atoms with Crippen molar-refractivity contribution in [2.45, 2.75) is 44.9 Å². The molecule has 1 saturated heterocycles. The molecule has 10 nitrogen and oxygen atoms in total. The largest absolute Gasteiger partial charge is 0.449 e. The molecule has 1 saturated carbocycles. The van der Waals surface area contributed by atoms with Crippen LogP contribution in [0.1, 0.15) is 44.3 Å². The fraction of sp³-hybridized carbons (Fsp3) is 0.571. The topological polar surface area (TPSA) is 121 Å². The van der Waals surface area contributed by atoms with Crippen molar-refractivity contribution in [3.63, 3.8) is 0 Å². The quantitative estimate of drug-likeness (QED) is 0.260. The number of rotatable bonds is 11. The highest BCUT2D eigenvalue weighted by Gasteiger charge is 2.49. The van der Waals surface area contributed by atoms with Gasteiger partial charge in [0, 0.05) is 57.9 Å². The monoisotopic (exact) mass is 524 g/mol. The number of fused-ring (bicyclic) bond motifs is 1. The van der Waals surface area contributed by atoms with E-state index in [4.69, 9.17) is 9.15 Å². The Bertz CT molecular complexity index is 1080. The molecule has 2 fully saturated rings. The zero-order valence-corrected chi connectivity index (χ0v) is 21.7. The van der Waals surface area contributed by atoms with Crippen molar-refractivity contribution < 1.29 is 28.3 Å². The number of nitrogens with one attached hydrogen (secondary N) is 2. The van der Waals surface area contributed by atoms with Crippen LogP contribution >= 0.6 is 0 Å². The third kappa shape index (κ3) is 7.40. The Morgan fingerprint density at radius 3 is 2.55 bits per heavy atom. The SMILES string of the molecule is C=CC(=O)N1CCN(c2ccc(CCC(=O)NCCCNC(=O)OC[C@@H]3[C@@H]4CCC#CCC[C@@H]43)o2)C(=O)C1. The van der Waals surface area contributed by atoms with Crippen molar-refractivity contribution in [1.82, 2.24) is 15.5 Å². The van der Waals surface area contributed by atoms with Gasteiger partial charge in [0.25, 0.3) is 0 Å². The van der Waals surface area contributed by atoms with Crippen LogP contribution < -0.4 is 15.5 Å². The third-order valence-electron chi connectivity index (χ3n) is 7.41. The number of nitrogens with zero attached hydrogens (tertiary/aromatic N) is 2. The van der Waals surface area contributed by atoms with E-state index in [0.717, 1.165) is 25.7 Å². The molecule has 0 spiro atoms. The molecule has 38 heavy (non-hydrogen) atoms. The summed E-state index contributed by atoms with van der Waals surface area (Å²) in [6.07, 6.45) is 6.11. The van der Waals surface area contributed by atoms with Crippen LogP contribution in [-0.2, 0) is 25.5 Å². The summed E-state index contributed by atoms with van der Waals surface area (Å²) in [5.41, 5.74) is 0. The van der Waals surface area contributed by atoms with Gasteiger partial charge in [-0.25, -0.2) is 4.79 Å². The van der Waals surface area contributed by atoms with E-state index in [1.165, 1.54) is 15.9 Å². The molecule has 1 aliphatic heterocycles. The van der Waals surface area contributed by atoms with Gasteiger partial charge in [-0.2, -0.15) is 0 Å². The molecule has 3 atom stereocenters. The molecule has 3 aliphatic rings. The summed E-state index contributed by atoms with van der Waals surface area (Å²) >= 11 is 0. The van der Waals surface area contributed by atoms with Crippen LogP contribution in [0.4, 0.5) is 10.7 Å². The van der Waals surface area contributed by atoms with Gasteiger partial charge in [-0.3, -0.25) is 19.3 Å². The molecule has 0 aromatic carbocycles. The minimum atomic E-state index is -0.410. The minimum Gasteiger partial charge on any atom is -0.449 e. The summed E-state index contributed by atoms with van der Waals surface area (Å²) in [7, 11) is 0. The van der Waals surface area contributed by atoms with Gasteiger partial charge in [-0.05, 0) is 49.2 Å². The van der Waals surface area contributed by atoms with E-state index in [2.05, 4.69) is 29.1 Å². The highest BCUT2D eigenvalue weighted by atomic mass is 16.5. The van der Waals surface area contributed by atoms with Gasteiger partial charge in [-0.15, -0.1) is 11.8 Å². The van der Waals surface area contributed by atoms with Gasteiger partial charge in [0.15, 0.2) is 0 Å². The fourth-order valence-electron chi connectivity index (χ4n) is 5.21. The molecule has 2 N–H and O–H groups in total. The average molecular weight is 525 g/mol. The third-order valence-corrected chi connectivity index (χ3v) is 7.41. The van der Waals surface area contributed by atoms with Gasteiger partial charge in [0.2, 0.25) is 23.6 Å². The molecule has 4 rings (SSSR count). The van der Waals surface area contributed by atoms with E-state index in [-0.39, 0.29) is 30.7 Å². The predicted octanol–water partition coefficient (Wildman–Crippen LogP) is 2.25. The van der Waals surface area contributed by atoms with E-state index < -0.39 is 6.09 Å². The normalized spacial score (nSPS) is 22.2. The first-order valence-electron chi connectivity index (χ1n) is 13.4. The lowest BCUT2D eigenvalue weighted by Gasteiger charge is -2.32. The number of furan rings is 1. The first kappa shape index (κ1) is 27.3. The second-order valence-corrected chi connectivity index (χ2v) is 9.90. The lowest BCUT2D eigenvalue weighted by molar-refractivity contribution is -0.133. The smallest absolute Gasteiger partial charge is 0.407 e. The Balaban J connectivity index is 1.05. The molecular weight excluding hydrogens is 488 g/mol. The van der Waals surface area contributed by atoms with E-state index in [9.17, 15) is 19.2 Å². The number of anilines is 1. The molecule has 204 valence electrons. The Morgan fingerprint density at radius 1 is 1.11 bits per heavy atom. The Kier molecular flexibility index (Phi) is 9.46. The summed E-state index contributed by atoms with van der Waals surface area (Å²) in [5, 5.41) is 5.58. The number of aryl methyl sites for hydroxylation is 1. The number of piperazine rings is 1. The second kappa shape index (κ2) is 13.2. The average Bonchev–Trinajstić information content (AvgIpc) is 3.30. The maximum atomic E-state index is 12.4. The van der Waals surface area contributed by atoms with Crippen LogP contribution in [0.25, 0.3) is 0 Å². The highest BCUT2D eigenvalue weighted by Crippen LogP contribution is 2.52. The van der Waals surface area contributed by atoms with Crippen LogP contribution in [0, 0.1) is 29.6 Å². The molecular formula is C28H36N4O6. The summed E-state index contributed by atoms with van der Waals surface area (Å²) < 4.78 is 11.2. The number of hydrogen-bond acceptors (Lipinski definition) is 6. The van der Waals surface area contributed by atoms with Gasteiger partial charge >= 0.3 is 6.09 Å². The predicted molar refractivity (Wildman–Crippen MR) is 140 cm³/mol. The van der Waals surface area contributed by atoms with E-state index in [1.54, 1.807) is 12.1 Å². The zero-order valence-electron chi connectivity index (χ0n) is 21.7. The first-order valence-corrected chi connectivity index (χ1v) is 13.4. The molecule has 4 amide bonds. The summed E-state index contributed by atoms with van der Waals surface area (Å²) in [4.78, 5) is 51.2. The van der Waals surface area contributed by atoms with Gasteiger partial charge in [0.05, 0.1) is 6.61 Å². The molecule has 0 unspecified atom stereocenters. The lowest BCUT2D eigenvalue weighted by Crippen LogP contribution is -2.52. The van der Waals surface area contributed by atoms with Crippen molar-refractivity contribution in [2.24, 2.45) is 17.8 Å². The maximum Gasteiger partial charge on any atom is 0.407 e. The lowest BCUT2D eigenvalue weighted by atomic mass is 10.1. The van der Waals surface area contributed by atoms with Crippen LogP contribution in [0.3, 0.4) is 0 Å². The Hall–Kier alpha value is -3.74. The number of carbonyl (C=O) groups is 4. The summed E-state index contributed by atoms with van der Waals surface area (Å²) in [6.45, 7) is 5.49. The van der Waals surface area contributed by atoms with Crippen molar-refractivity contribution >= 4 is 29.7 Å². The Labute approximate surface area is 223 Å². The van der Waals surface area contributed by atoms with Crippen molar-refractivity contribution in [1.29, 1.82) is 0 Å². The van der Waals surface area contributed by atoms with Gasteiger partial charge in [0.1, 0.15) is 12.3 Å². The second-order valence-electron chi connectivity index (χ2n) is 9.90. The number of amides is 4. The molecule has 1 aromatic heterocycles. The zero-order chi connectivity index (χ0) is 26.9. The molecule has 1 aromatic rings. The molecule has 10 heteroatoms. The Morgan fingerprint density at radius 2 is 1.84 bits per heavy atom. The minimum absolute atomic E-state index is 0.0207. The maximum absolute atomic E-state index is 12.4. The molecule has 2 aliphatic carbocycles. The standard InChI is InChI=1S/C28H36N4O6/c1-2-25(34)31-16-17-32(26(35)18-31)27-13-11-20(38-27)10-12-24(33)29-14-7-15-30-28(36)37-19-23-21-8-5-3-4-6-9-22(21)23/h2,11,13,21-23H,1,5-10,12,14-19H2,(H,29,33)(H,30,36)/t21-,22+,23-. The molecule has 0 radical (unpaired) electrons. The van der Waals surface area contributed by atoms with Crippen LogP contribution in [0.5, 0.6) is 0 Å². The molecule has 0 bridgehead atoms. The van der Waals surface area contributed by atoms with Crippen molar-refractivity contribution in [3.8, 4) is 11.8 Å². The van der Waals surface area contributed by atoms with E-state index in [0.29, 0.717) is 75.0 Å². The van der Waals surface area contributed by atoms with Gasteiger partial charge < -0.3 is 24.7 Å². The highest BCUT2D eigenvalue weighted by molar-refractivity contribution is 5.98. The molecule has 2 heterocycles. The number of carbonyl (C=O) groups excluding carboxylic acids is 4. The number of hydrogen-bond donors (Lipinski definition) is 2. The van der Waals surface area contributed by atoms with Crippen LogP contribution in [0.2, 0.25) is 0 Å². The number of ether oxygens (including phenoxy) is 1. The first-order chi connectivity index (χ1) is 18.5. The van der Waals surface area contributed by atoms with E-state index >= 15 is 0 Å². The van der Waals surface area contributed by atoms with Crippen LogP contribution in [-0.4, -0.2) is 68.0 Å². The van der Waals surface area contributed by atoms with Crippen molar-refractivity contribution in [3.05, 3.63) is 30.5 Å².